The third kappa shape index (κ3) is 1.81. The van der Waals surface area contributed by atoms with Gasteiger partial charge in [-0.05, 0) is 23.8 Å². The number of aryl methyl sites for hydroxylation is 1. The summed E-state index contributed by atoms with van der Waals surface area (Å²) in [5.74, 6) is 0. The highest BCUT2D eigenvalue weighted by Gasteiger charge is 1.99. The van der Waals surface area contributed by atoms with Crippen LogP contribution in [-0.2, 0) is 0 Å². The van der Waals surface area contributed by atoms with Crippen LogP contribution >= 0.6 is 11.5 Å². The van der Waals surface area contributed by atoms with E-state index in [2.05, 4.69) is 20.1 Å². The largest absolute Gasteiger partial charge is 0.329 e. The van der Waals surface area contributed by atoms with Gasteiger partial charge in [-0.25, -0.2) is 0 Å². The van der Waals surface area contributed by atoms with E-state index in [9.17, 15) is 0 Å². The molecule has 0 atom stereocenters. The number of benzene rings is 1. The third-order valence-electron chi connectivity index (χ3n) is 1.69. The number of para-hydroxylation sites is 1. The van der Waals surface area contributed by atoms with Gasteiger partial charge in [-0.15, -0.1) is 0 Å². The first-order valence-electron chi connectivity index (χ1n) is 3.84. The lowest BCUT2D eigenvalue weighted by Crippen LogP contribution is -1.91. The fourth-order valence-corrected chi connectivity index (χ4v) is 1.39. The van der Waals surface area contributed by atoms with Crippen molar-refractivity contribution in [1.29, 1.82) is 0 Å². The van der Waals surface area contributed by atoms with E-state index >= 15 is 0 Å². The molecular formula is C8H8N4S. The minimum Gasteiger partial charge on any atom is -0.329 e. The first kappa shape index (κ1) is 8.12. The lowest BCUT2D eigenvalue weighted by Gasteiger charge is -2.03. The van der Waals surface area contributed by atoms with E-state index in [0.717, 1.165) is 5.69 Å². The van der Waals surface area contributed by atoms with Crippen LogP contribution in [0.4, 0.5) is 10.8 Å². The highest BCUT2D eigenvalue weighted by atomic mass is 32.1. The molecule has 0 aliphatic heterocycles. The SMILES string of the molecule is Cc1ccccc1Nc1nnns1. The lowest BCUT2D eigenvalue weighted by atomic mass is 10.2. The summed E-state index contributed by atoms with van der Waals surface area (Å²) in [6.45, 7) is 2.04. The predicted molar refractivity (Wildman–Crippen MR) is 52.2 cm³/mol. The molecule has 0 fully saturated rings. The maximum absolute atomic E-state index is 3.80. The molecule has 1 heterocycles. The van der Waals surface area contributed by atoms with Gasteiger partial charge in [0.15, 0.2) is 0 Å². The molecule has 0 aliphatic rings. The van der Waals surface area contributed by atoms with Crippen molar-refractivity contribution in [3.63, 3.8) is 0 Å². The van der Waals surface area contributed by atoms with E-state index in [1.165, 1.54) is 17.1 Å². The maximum Gasteiger partial charge on any atom is 0.229 e. The Morgan fingerprint density at radius 1 is 1.31 bits per heavy atom. The van der Waals surface area contributed by atoms with Crippen molar-refractivity contribution in [3.8, 4) is 0 Å². The molecule has 0 saturated heterocycles. The normalized spacial score (nSPS) is 9.92. The standard InChI is InChI=1S/C8H8N4S/c1-6-4-2-3-5-7(6)9-8-10-11-12-13-8/h2-5H,1H3,(H,9,10,12). The maximum atomic E-state index is 3.80. The van der Waals surface area contributed by atoms with E-state index in [1.807, 2.05) is 31.2 Å². The predicted octanol–water partition coefficient (Wildman–Crippen LogP) is 1.99. The van der Waals surface area contributed by atoms with Crippen LogP contribution in [0.5, 0.6) is 0 Å². The number of nitrogens with one attached hydrogen (secondary N) is 1. The Morgan fingerprint density at radius 3 is 2.85 bits per heavy atom. The molecule has 0 unspecified atom stereocenters. The summed E-state index contributed by atoms with van der Waals surface area (Å²) in [6.07, 6.45) is 0. The van der Waals surface area contributed by atoms with Crippen molar-refractivity contribution in [2.75, 3.05) is 5.32 Å². The molecule has 0 saturated carbocycles. The molecule has 4 nitrogen and oxygen atoms in total. The average Bonchev–Trinajstić information content (AvgIpc) is 2.61. The topological polar surface area (TPSA) is 50.7 Å². The van der Waals surface area contributed by atoms with Gasteiger partial charge in [0.2, 0.25) is 5.13 Å². The summed E-state index contributed by atoms with van der Waals surface area (Å²) in [5, 5.41) is 11.2. The highest BCUT2D eigenvalue weighted by Crippen LogP contribution is 2.19. The molecule has 0 bridgehead atoms. The second-order valence-electron chi connectivity index (χ2n) is 2.61. The van der Waals surface area contributed by atoms with E-state index < -0.39 is 0 Å². The van der Waals surface area contributed by atoms with Gasteiger partial charge in [0.25, 0.3) is 0 Å². The summed E-state index contributed by atoms with van der Waals surface area (Å²) < 4.78 is 3.67. The number of nitrogens with zero attached hydrogens (tertiary/aromatic N) is 3. The zero-order valence-corrected chi connectivity index (χ0v) is 7.88. The molecule has 2 aromatic rings. The third-order valence-corrected chi connectivity index (χ3v) is 2.20. The van der Waals surface area contributed by atoms with Crippen molar-refractivity contribution in [3.05, 3.63) is 29.8 Å². The summed E-state index contributed by atoms with van der Waals surface area (Å²) in [5.41, 5.74) is 2.22. The van der Waals surface area contributed by atoms with Gasteiger partial charge in [0.1, 0.15) is 0 Å². The Kier molecular flexibility index (Phi) is 2.18. The fourth-order valence-electron chi connectivity index (χ4n) is 1.01. The van der Waals surface area contributed by atoms with Crippen LogP contribution in [-0.4, -0.2) is 14.8 Å². The lowest BCUT2D eigenvalue weighted by molar-refractivity contribution is 0.961. The second-order valence-corrected chi connectivity index (χ2v) is 3.34. The van der Waals surface area contributed by atoms with E-state index in [4.69, 9.17) is 0 Å². The van der Waals surface area contributed by atoms with Crippen LogP contribution < -0.4 is 5.32 Å². The molecule has 1 aromatic carbocycles. The van der Waals surface area contributed by atoms with E-state index in [0.29, 0.717) is 5.13 Å². The second kappa shape index (κ2) is 3.49. The number of aromatic nitrogens is 3. The van der Waals surface area contributed by atoms with Crippen LogP contribution in [0, 0.1) is 6.92 Å². The molecule has 5 heteroatoms. The first-order chi connectivity index (χ1) is 6.36. The van der Waals surface area contributed by atoms with Crippen LogP contribution in [0.2, 0.25) is 0 Å². The molecule has 66 valence electrons. The van der Waals surface area contributed by atoms with Crippen molar-refractivity contribution >= 4 is 22.4 Å². The van der Waals surface area contributed by atoms with Crippen molar-refractivity contribution in [2.45, 2.75) is 6.92 Å². The smallest absolute Gasteiger partial charge is 0.229 e. The molecule has 0 radical (unpaired) electrons. The summed E-state index contributed by atoms with van der Waals surface area (Å²) in [6, 6.07) is 8.01. The number of anilines is 2. The Labute approximate surface area is 79.8 Å². The van der Waals surface area contributed by atoms with E-state index in [-0.39, 0.29) is 0 Å². The Morgan fingerprint density at radius 2 is 2.15 bits per heavy atom. The first-order valence-corrected chi connectivity index (χ1v) is 4.61. The average molecular weight is 192 g/mol. The minimum atomic E-state index is 0.717. The van der Waals surface area contributed by atoms with Gasteiger partial charge in [0.05, 0.1) is 0 Å². The van der Waals surface area contributed by atoms with Gasteiger partial charge < -0.3 is 5.32 Å². The van der Waals surface area contributed by atoms with Crippen LogP contribution in [0.3, 0.4) is 0 Å². The number of hydrogen-bond donors (Lipinski definition) is 1. The minimum absolute atomic E-state index is 0.717. The summed E-state index contributed by atoms with van der Waals surface area (Å²) in [4.78, 5) is 0. The Balaban J connectivity index is 2.24. The molecule has 13 heavy (non-hydrogen) atoms. The quantitative estimate of drug-likeness (QED) is 0.790. The molecule has 0 amide bonds. The van der Waals surface area contributed by atoms with Gasteiger partial charge in [0, 0.05) is 17.2 Å². The molecule has 0 aliphatic carbocycles. The number of hydrogen-bond acceptors (Lipinski definition) is 5. The van der Waals surface area contributed by atoms with Gasteiger partial charge in [-0.3, -0.25) is 0 Å². The molecule has 2 rings (SSSR count). The van der Waals surface area contributed by atoms with Gasteiger partial charge >= 0.3 is 0 Å². The Bertz CT molecular complexity index is 385. The molecule has 1 aromatic heterocycles. The Hall–Kier alpha value is -1.49. The summed E-state index contributed by atoms with van der Waals surface area (Å²) >= 11 is 1.24. The van der Waals surface area contributed by atoms with Crippen molar-refractivity contribution in [2.24, 2.45) is 0 Å². The van der Waals surface area contributed by atoms with Gasteiger partial charge in [-0.1, -0.05) is 27.8 Å². The zero-order valence-electron chi connectivity index (χ0n) is 7.06. The van der Waals surface area contributed by atoms with Crippen LogP contribution in [0.1, 0.15) is 5.56 Å². The number of rotatable bonds is 2. The summed E-state index contributed by atoms with van der Waals surface area (Å²) in [7, 11) is 0. The molecular weight excluding hydrogens is 184 g/mol. The highest BCUT2D eigenvalue weighted by molar-refractivity contribution is 7.09. The molecule has 1 N–H and O–H groups in total. The fraction of sp³-hybridized carbons (Fsp3) is 0.125. The zero-order chi connectivity index (χ0) is 9.10. The molecule has 0 spiro atoms. The van der Waals surface area contributed by atoms with Crippen molar-refractivity contribution < 1.29 is 0 Å². The monoisotopic (exact) mass is 192 g/mol. The van der Waals surface area contributed by atoms with Crippen LogP contribution in [0.25, 0.3) is 0 Å². The van der Waals surface area contributed by atoms with E-state index in [1.54, 1.807) is 0 Å². The van der Waals surface area contributed by atoms with Crippen LogP contribution in [0.15, 0.2) is 24.3 Å². The van der Waals surface area contributed by atoms with Gasteiger partial charge in [-0.2, -0.15) is 0 Å². The van der Waals surface area contributed by atoms with Crippen molar-refractivity contribution in [1.82, 2.24) is 14.8 Å².